The fourth-order valence-corrected chi connectivity index (χ4v) is 9.08. The van der Waals surface area contributed by atoms with Crippen molar-refractivity contribution in [2.75, 3.05) is 14.1 Å². The topological polar surface area (TPSA) is 81.6 Å². The lowest BCUT2D eigenvalue weighted by Crippen LogP contribution is -2.78. The molecule has 3 aliphatic carbocycles. The van der Waals surface area contributed by atoms with Gasteiger partial charge in [-0.05, 0) is 75.2 Å². The number of ether oxygens (including phenoxy) is 1. The Morgan fingerprint density at radius 2 is 1.94 bits per heavy atom. The summed E-state index contributed by atoms with van der Waals surface area (Å²) in [5.74, 6) is -0.123. The van der Waals surface area contributed by atoms with Gasteiger partial charge in [-0.1, -0.05) is 25.1 Å². The first kappa shape index (κ1) is 23.3. The van der Waals surface area contributed by atoms with Crippen molar-refractivity contribution < 1.29 is 23.7 Å². The fraction of sp³-hybridized carbons (Fsp3) is 0.679. The Kier molecular flexibility index (Phi) is 4.49. The zero-order chi connectivity index (χ0) is 25.3. The van der Waals surface area contributed by atoms with E-state index in [4.69, 9.17) is 4.74 Å². The number of nitrogens with one attached hydrogen (secondary N) is 1. The monoisotopic (exact) mass is 499 g/mol. The van der Waals surface area contributed by atoms with Crippen molar-refractivity contribution >= 4 is 16.5 Å². The summed E-state index contributed by atoms with van der Waals surface area (Å²) in [4.78, 5) is 1.82. The molecule has 7 rings (SSSR count). The number of nitrogens with zero attached hydrogens (tertiary/aromatic N) is 2. The average Bonchev–Trinajstić information content (AvgIpc) is 3.54. The van der Waals surface area contributed by atoms with Crippen LogP contribution in [0, 0.1) is 11.3 Å². The molecule has 1 aromatic heterocycles. The summed E-state index contributed by atoms with van der Waals surface area (Å²) < 4.78 is 40.9. The van der Waals surface area contributed by atoms with Crippen LogP contribution in [0.25, 0.3) is 16.5 Å². The standard InChI is InChI=1S/C28H35F2N3O3/c1-24-8-9-25(29)15-27(30)23(35)22(34)20(33(2)3)13-26(27)10-11-28(25,36-26)21(24)7-6-18(24)16-4-5-17-14-31-32-19(17)12-16/h4-6,12,14,20-23,34-35H,7-11,13,15H2,1-3H3,(H,31,32)/t20-,21?,22+,23-,24+,25?,26+,27?,28-/m0/s1. The maximum absolute atomic E-state index is 17.2. The number of alkyl halides is 2. The van der Waals surface area contributed by atoms with E-state index in [2.05, 4.69) is 41.4 Å². The summed E-state index contributed by atoms with van der Waals surface area (Å²) in [6.07, 6.45) is 3.09. The largest absolute Gasteiger partial charge is 0.389 e. The van der Waals surface area contributed by atoms with Crippen LogP contribution in [0.5, 0.6) is 0 Å². The molecule has 3 N–H and O–H groups in total. The highest BCUT2D eigenvalue weighted by Gasteiger charge is 2.82. The van der Waals surface area contributed by atoms with Crippen LogP contribution in [-0.4, -0.2) is 80.2 Å². The number of rotatable bonds is 2. The van der Waals surface area contributed by atoms with Gasteiger partial charge >= 0.3 is 0 Å². The lowest BCUT2D eigenvalue weighted by molar-refractivity contribution is -0.347. The van der Waals surface area contributed by atoms with Gasteiger partial charge in [0, 0.05) is 23.8 Å². The predicted octanol–water partition coefficient (Wildman–Crippen LogP) is 3.93. The summed E-state index contributed by atoms with van der Waals surface area (Å²) in [5, 5.41) is 30.1. The summed E-state index contributed by atoms with van der Waals surface area (Å²) in [7, 11) is 3.63. The minimum atomic E-state index is -2.32. The van der Waals surface area contributed by atoms with Gasteiger partial charge in [0.25, 0.3) is 0 Å². The highest BCUT2D eigenvalue weighted by molar-refractivity contribution is 5.84. The van der Waals surface area contributed by atoms with Crippen LogP contribution in [0.3, 0.4) is 0 Å². The molecule has 2 saturated carbocycles. The molecule has 0 amide bonds. The van der Waals surface area contributed by atoms with Crippen molar-refractivity contribution in [3.63, 3.8) is 0 Å². The SMILES string of the molecule is CN(C)[C@H]1C[C@@]23CC[C@]4(O2)C2CC=C(c5ccc6cn[nH]c6c5)[C@@]2(C)CCC4(F)CC3(F)[C@@H](O)[C@@H]1O. The van der Waals surface area contributed by atoms with E-state index in [0.717, 1.165) is 16.5 Å². The van der Waals surface area contributed by atoms with E-state index in [1.165, 1.54) is 5.57 Å². The molecule has 2 aromatic rings. The number of aromatic nitrogens is 2. The normalized spacial score (nSPS) is 49.6. The van der Waals surface area contributed by atoms with E-state index in [-0.39, 0.29) is 24.2 Å². The molecule has 1 aromatic carbocycles. The van der Waals surface area contributed by atoms with Crippen molar-refractivity contribution in [1.29, 1.82) is 0 Å². The Morgan fingerprint density at radius 1 is 1.14 bits per heavy atom. The van der Waals surface area contributed by atoms with E-state index in [0.29, 0.717) is 25.7 Å². The summed E-state index contributed by atoms with van der Waals surface area (Å²) in [5.41, 5.74) is -3.65. The molecule has 2 spiro atoms. The van der Waals surface area contributed by atoms with Crippen LogP contribution in [0.2, 0.25) is 0 Å². The zero-order valence-electron chi connectivity index (χ0n) is 21.1. The van der Waals surface area contributed by atoms with Gasteiger partial charge < -0.3 is 19.8 Å². The number of hydrogen-bond acceptors (Lipinski definition) is 5. The number of H-pyrrole nitrogens is 1. The molecule has 9 atom stereocenters. The number of fused-ring (bicyclic) bond motifs is 2. The van der Waals surface area contributed by atoms with Gasteiger partial charge in [-0.2, -0.15) is 5.10 Å². The molecule has 2 aliphatic heterocycles. The molecule has 3 unspecified atom stereocenters. The number of halogens is 2. The Morgan fingerprint density at radius 3 is 2.72 bits per heavy atom. The number of allylic oxidation sites excluding steroid dienone is 2. The number of aromatic amines is 1. The van der Waals surface area contributed by atoms with Crippen LogP contribution in [0.1, 0.15) is 57.4 Å². The van der Waals surface area contributed by atoms with Gasteiger partial charge in [0.2, 0.25) is 0 Å². The van der Waals surface area contributed by atoms with Gasteiger partial charge in [-0.25, -0.2) is 8.78 Å². The van der Waals surface area contributed by atoms with Crippen molar-refractivity contribution in [3.8, 4) is 0 Å². The number of likely N-dealkylation sites (N-methyl/N-ethyl adjacent to an activating group) is 1. The molecule has 194 valence electrons. The second-order valence-electron chi connectivity index (χ2n) is 12.7. The lowest BCUT2D eigenvalue weighted by Gasteiger charge is -2.65. The van der Waals surface area contributed by atoms with Crippen LogP contribution >= 0.6 is 0 Å². The lowest BCUT2D eigenvalue weighted by atomic mass is 9.51. The Hall–Kier alpha value is -1.87. The van der Waals surface area contributed by atoms with Gasteiger partial charge in [-0.3, -0.25) is 5.10 Å². The smallest absolute Gasteiger partial charge is 0.171 e. The summed E-state index contributed by atoms with van der Waals surface area (Å²) >= 11 is 0. The van der Waals surface area contributed by atoms with Crippen LogP contribution in [0.4, 0.5) is 8.78 Å². The Balaban J connectivity index is 1.30. The molecule has 8 heteroatoms. The summed E-state index contributed by atoms with van der Waals surface area (Å²) in [6, 6.07) is 5.82. The van der Waals surface area contributed by atoms with Gasteiger partial charge in [0.05, 0.1) is 17.8 Å². The minimum absolute atomic E-state index is 0.123. The molecule has 2 saturated heterocycles. The number of benzene rings is 1. The number of hydrogen-bond donors (Lipinski definition) is 3. The molecule has 36 heavy (non-hydrogen) atoms. The van der Waals surface area contributed by atoms with Crippen molar-refractivity contribution in [2.45, 2.75) is 92.7 Å². The number of aliphatic hydroxyl groups excluding tert-OH is 2. The molecule has 3 heterocycles. The molecular weight excluding hydrogens is 464 g/mol. The molecule has 4 fully saturated rings. The predicted molar refractivity (Wildman–Crippen MR) is 132 cm³/mol. The van der Waals surface area contributed by atoms with E-state index in [9.17, 15) is 10.2 Å². The molecule has 6 nitrogen and oxygen atoms in total. The molecule has 5 aliphatic rings. The van der Waals surface area contributed by atoms with Crippen LogP contribution in [-0.2, 0) is 4.74 Å². The average molecular weight is 500 g/mol. The second kappa shape index (κ2) is 6.95. The van der Waals surface area contributed by atoms with Crippen molar-refractivity contribution in [2.24, 2.45) is 11.3 Å². The van der Waals surface area contributed by atoms with Gasteiger partial charge in [0.1, 0.15) is 23.0 Å². The maximum atomic E-state index is 17.2. The van der Waals surface area contributed by atoms with Crippen LogP contribution < -0.4 is 0 Å². The molecule has 0 radical (unpaired) electrons. The minimum Gasteiger partial charge on any atom is -0.389 e. The Labute approximate surface area is 209 Å². The van der Waals surface area contributed by atoms with E-state index in [1.807, 2.05) is 19.0 Å². The zero-order valence-corrected chi connectivity index (χ0v) is 21.1. The van der Waals surface area contributed by atoms with Crippen molar-refractivity contribution in [3.05, 3.63) is 36.0 Å². The van der Waals surface area contributed by atoms with E-state index >= 15 is 8.78 Å². The third kappa shape index (κ3) is 2.52. The highest BCUT2D eigenvalue weighted by atomic mass is 19.2. The molecule has 2 bridgehead atoms. The fourth-order valence-electron chi connectivity index (χ4n) is 9.08. The van der Waals surface area contributed by atoms with Crippen molar-refractivity contribution in [1.82, 2.24) is 15.1 Å². The Bertz CT molecular complexity index is 1280. The summed E-state index contributed by atoms with van der Waals surface area (Å²) in [6.45, 7) is 2.22. The van der Waals surface area contributed by atoms with E-state index < -0.39 is 47.2 Å². The third-order valence-corrected chi connectivity index (χ3v) is 11.0. The quantitative estimate of drug-likeness (QED) is 0.584. The van der Waals surface area contributed by atoms with Gasteiger partial charge in [-0.15, -0.1) is 0 Å². The second-order valence-corrected chi connectivity index (χ2v) is 12.7. The first-order valence-electron chi connectivity index (χ1n) is 13.2. The number of aliphatic hydroxyl groups is 2. The van der Waals surface area contributed by atoms with Gasteiger partial charge in [0.15, 0.2) is 5.67 Å². The first-order chi connectivity index (χ1) is 17.0. The third-order valence-electron chi connectivity index (χ3n) is 11.0. The first-order valence-corrected chi connectivity index (χ1v) is 13.2. The molecular formula is C28H35F2N3O3. The maximum Gasteiger partial charge on any atom is 0.171 e. The highest BCUT2D eigenvalue weighted by Crippen LogP contribution is 2.74. The van der Waals surface area contributed by atoms with E-state index in [1.54, 1.807) is 6.20 Å². The van der Waals surface area contributed by atoms with Crippen LogP contribution in [0.15, 0.2) is 30.5 Å².